The van der Waals surface area contributed by atoms with Crippen LogP contribution in [0.2, 0.25) is 0 Å². The largest absolute Gasteiger partial charge is 0.466 e. The number of hydrogen-bond acceptors (Lipinski definition) is 7. The second-order valence-electron chi connectivity index (χ2n) is 7.71. The van der Waals surface area contributed by atoms with Gasteiger partial charge in [-0.15, -0.1) is 0 Å². The second kappa shape index (κ2) is 19.3. The summed E-state index contributed by atoms with van der Waals surface area (Å²) in [4.78, 5) is 36.9. The Morgan fingerprint density at radius 3 is 1.73 bits per heavy atom. The molecule has 0 bridgehead atoms. The van der Waals surface area contributed by atoms with Gasteiger partial charge < -0.3 is 19.3 Å². The third-order valence-corrected chi connectivity index (χ3v) is 5.00. The van der Waals surface area contributed by atoms with Gasteiger partial charge in [0.25, 0.3) is 0 Å². The molecule has 0 fully saturated rings. The highest BCUT2D eigenvalue weighted by Crippen LogP contribution is 2.21. The second-order valence-corrected chi connectivity index (χ2v) is 7.71. The van der Waals surface area contributed by atoms with Crippen LogP contribution in [0.15, 0.2) is 0 Å². The predicted octanol–water partition coefficient (Wildman–Crippen LogP) is 4.19. The van der Waals surface area contributed by atoms with Gasteiger partial charge >= 0.3 is 17.9 Å². The van der Waals surface area contributed by atoms with E-state index in [9.17, 15) is 14.4 Å². The highest BCUT2D eigenvalue weighted by Gasteiger charge is 2.35. The lowest BCUT2D eigenvalue weighted by Gasteiger charge is -2.20. The van der Waals surface area contributed by atoms with Crippen LogP contribution in [0.3, 0.4) is 0 Å². The summed E-state index contributed by atoms with van der Waals surface area (Å²) in [6.07, 6.45) is 10.1. The van der Waals surface area contributed by atoms with Crippen LogP contribution in [-0.4, -0.2) is 49.4 Å². The molecule has 0 aliphatic heterocycles. The number of hydrogen-bond donors (Lipinski definition) is 1. The molecule has 7 nitrogen and oxygen atoms in total. The van der Waals surface area contributed by atoms with Gasteiger partial charge in [0.15, 0.2) is 0 Å². The molecule has 0 aliphatic rings. The quantitative estimate of drug-likeness (QED) is 0.186. The fourth-order valence-electron chi connectivity index (χ4n) is 3.02. The maximum absolute atomic E-state index is 12.4. The lowest BCUT2D eigenvalue weighted by Crippen LogP contribution is -2.33. The number of aliphatic hydroxyl groups excluding tert-OH is 1. The highest BCUT2D eigenvalue weighted by atomic mass is 16.5. The van der Waals surface area contributed by atoms with E-state index in [-0.39, 0.29) is 19.6 Å². The minimum absolute atomic E-state index is 0.180. The van der Waals surface area contributed by atoms with Crippen molar-refractivity contribution >= 4 is 17.9 Å². The molecule has 0 aromatic rings. The van der Waals surface area contributed by atoms with E-state index in [1.165, 1.54) is 0 Å². The van der Waals surface area contributed by atoms with Crippen LogP contribution < -0.4 is 0 Å². The average molecular weight is 431 g/mol. The van der Waals surface area contributed by atoms with Gasteiger partial charge in [-0.25, -0.2) is 0 Å². The molecule has 176 valence electrons. The molecule has 7 heteroatoms. The lowest BCUT2D eigenvalue weighted by atomic mass is 9.91. The molecular weight excluding hydrogens is 388 g/mol. The molecule has 30 heavy (non-hydrogen) atoms. The van der Waals surface area contributed by atoms with Crippen molar-refractivity contribution in [1.82, 2.24) is 0 Å². The molecule has 1 N–H and O–H groups in total. The maximum atomic E-state index is 12.4. The maximum Gasteiger partial charge on any atom is 0.310 e. The van der Waals surface area contributed by atoms with E-state index >= 15 is 0 Å². The summed E-state index contributed by atoms with van der Waals surface area (Å²) >= 11 is 0. The number of ether oxygens (including phenoxy) is 3. The number of carbonyl (C=O) groups is 3. The molecule has 0 radical (unpaired) electrons. The zero-order valence-corrected chi connectivity index (χ0v) is 19.2. The monoisotopic (exact) mass is 430 g/mol. The summed E-state index contributed by atoms with van der Waals surface area (Å²) in [5.74, 6) is -3.57. The average Bonchev–Trinajstić information content (AvgIpc) is 2.74. The van der Waals surface area contributed by atoms with Crippen molar-refractivity contribution in [2.45, 2.75) is 91.4 Å². The molecule has 0 heterocycles. The third-order valence-electron chi connectivity index (χ3n) is 5.00. The van der Waals surface area contributed by atoms with Gasteiger partial charge in [0, 0.05) is 0 Å². The van der Waals surface area contributed by atoms with Gasteiger partial charge in [0.2, 0.25) is 0 Å². The SMILES string of the molecule is CCCCCCCOC(=O)CC(C(=O)OCCO)C(C)C(=O)OCCCCCCC. The normalized spacial score (nSPS) is 12.8. The molecule has 0 aromatic heterocycles. The van der Waals surface area contributed by atoms with Crippen LogP contribution in [-0.2, 0) is 28.6 Å². The first-order valence-corrected chi connectivity index (χ1v) is 11.6. The molecule has 0 rings (SSSR count). The first-order chi connectivity index (χ1) is 14.5. The molecular formula is C23H42O7. The summed E-state index contributed by atoms with van der Waals surface area (Å²) in [5.41, 5.74) is 0. The van der Waals surface area contributed by atoms with Gasteiger partial charge in [0.1, 0.15) is 6.61 Å². The summed E-state index contributed by atoms with van der Waals surface area (Å²) in [5, 5.41) is 8.88. The van der Waals surface area contributed by atoms with Crippen molar-refractivity contribution < 1.29 is 33.7 Å². The predicted molar refractivity (Wildman–Crippen MR) is 115 cm³/mol. The lowest BCUT2D eigenvalue weighted by molar-refractivity contribution is -0.164. The summed E-state index contributed by atoms with van der Waals surface area (Å²) in [6.45, 7) is 5.93. The van der Waals surface area contributed by atoms with Crippen molar-refractivity contribution in [3.63, 3.8) is 0 Å². The van der Waals surface area contributed by atoms with Gasteiger partial charge in [0.05, 0.1) is 38.1 Å². The van der Waals surface area contributed by atoms with Crippen LogP contribution in [0.4, 0.5) is 0 Å². The van der Waals surface area contributed by atoms with Gasteiger partial charge in [-0.05, 0) is 12.8 Å². The van der Waals surface area contributed by atoms with Gasteiger partial charge in [-0.3, -0.25) is 14.4 Å². The number of esters is 3. The van der Waals surface area contributed by atoms with Crippen LogP contribution in [0.25, 0.3) is 0 Å². The smallest absolute Gasteiger partial charge is 0.310 e. The molecule has 2 unspecified atom stereocenters. The fraction of sp³-hybridized carbons (Fsp3) is 0.870. The Kier molecular flexibility index (Phi) is 18.3. The first kappa shape index (κ1) is 28.4. The van der Waals surface area contributed by atoms with E-state index < -0.39 is 29.7 Å². The van der Waals surface area contributed by atoms with E-state index in [4.69, 9.17) is 19.3 Å². The number of rotatable bonds is 19. The zero-order chi connectivity index (χ0) is 22.6. The van der Waals surface area contributed by atoms with Gasteiger partial charge in [-0.2, -0.15) is 0 Å². The number of carbonyl (C=O) groups excluding carboxylic acids is 3. The van der Waals surface area contributed by atoms with Crippen molar-refractivity contribution in [1.29, 1.82) is 0 Å². The van der Waals surface area contributed by atoms with Crippen LogP contribution in [0, 0.1) is 11.8 Å². The van der Waals surface area contributed by atoms with Gasteiger partial charge in [-0.1, -0.05) is 72.1 Å². The van der Waals surface area contributed by atoms with Crippen LogP contribution in [0.1, 0.15) is 91.4 Å². The summed E-state index contributed by atoms with van der Waals surface area (Å²) < 4.78 is 15.5. The fourth-order valence-corrected chi connectivity index (χ4v) is 3.02. The van der Waals surface area contributed by atoms with E-state index in [1.54, 1.807) is 6.92 Å². The minimum atomic E-state index is -0.989. The molecule has 0 spiro atoms. The molecule has 0 saturated heterocycles. The summed E-state index contributed by atoms with van der Waals surface area (Å²) in [6, 6.07) is 0. The molecule has 0 aromatic carbocycles. The van der Waals surface area contributed by atoms with Crippen molar-refractivity contribution in [3.8, 4) is 0 Å². The Balaban J connectivity index is 4.54. The van der Waals surface area contributed by atoms with E-state index in [2.05, 4.69) is 13.8 Å². The van der Waals surface area contributed by atoms with E-state index in [0.29, 0.717) is 13.2 Å². The molecule has 0 aliphatic carbocycles. The van der Waals surface area contributed by atoms with Crippen molar-refractivity contribution in [2.75, 3.05) is 26.4 Å². The number of aliphatic hydroxyl groups is 1. The third kappa shape index (κ3) is 14.4. The highest BCUT2D eigenvalue weighted by molar-refractivity contribution is 5.85. The van der Waals surface area contributed by atoms with E-state index in [1.807, 2.05) is 0 Å². The minimum Gasteiger partial charge on any atom is -0.466 e. The first-order valence-electron chi connectivity index (χ1n) is 11.6. The Labute approximate surface area is 181 Å². The Morgan fingerprint density at radius 2 is 1.20 bits per heavy atom. The molecule has 2 atom stereocenters. The topological polar surface area (TPSA) is 99.1 Å². The number of unbranched alkanes of at least 4 members (excludes halogenated alkanes) is 8. The zero-order valence-electron chi connectivity index (χ0n) is 19.2. The van der Waals surface area contributed by atoms with Crippen molar-refractivity contribution in [3.05, 3.63) is 0 Å². The molecule has 0 amide bonds. The Bertz CT molecular complexity index is 464. The summed E-state index contributed by atoms with van der Waals surface area (Å²) in [7, 11) is 0. The standard InChI is InChI=1S/C23H42O7/c1-4-6-8-10-12-15-28-21(25)18-20(23(27)30-17-14-24)19(3)22(26)29-16-13-11-9-7-5-2/h19-20,24H,4-18H2,1-3H3. The molecule has 0 saturated carbocycles. The Morgan fingerprint density at radius 1 is 0.700 bits per heavy atom. The van der Waals surface area contributed by atoms with Crippen LogP contribution >= 0.6 is 0 Å². The van der Waals surface area contributed by atoms with Crippen LogP contribution in [0.5, 0.6) is 0 Å². The van der Waals surface area contributed by atoms with E-state index in [0.717, 1.165) is 64.2 Å². The Hall–Kier alpha value is -1.63. The van der Waals surface area contributed by atoms with Crippen molar-refractivity contribution in [2.24, 2.45) is 11.8 Å².